The third kappa shape index (κ3) is 3.19. The van der Waals surface area contributed by atoms with Gasteiger partial charge in [0.05, 0.1) is 7.11 Å². The number of halogens is 1. The van der Waals surface area contributed by atoms with Crippen LogP contribution in [0.3, 0.4) is 0 Å². The number of hydrogen-bond acceptors (Lipinski definition) is 4. The van der Waals surface area contributed by atoms with Crippen LogP contribution in [0.4, 0.5) is 0 Å². The van der Waals surface area contributed by atoms with Crippen LogP contribution < -0.4 is 10.3 Å². The molecule has 2 aromatic rings. The fourth-order valence-electron chi connectivity index (χ4n) is 4.68. The Balaban J connectivity index is 1.92. The van der Waals surface area contributed by atoms with Crippen LogP contribution >= 0.6 is 11.6 Å². The predicted octanol–water partition coefficient (Wildman–Crippen LogP) is 4.53. The van der Waals surface area contributed by atoms with Crippen LogP contribution in [0.5, 0.6) is 11.5 Å². The van der Waals surface area contributed by atoms with E-state index >= 15 is 0 Å². The number of aromatic amines is 1. The second kappa shape index (κ2) is 7.23. The van der Waals surface area contributed by atoms with E-state index in [2.05, 4.69) is 24.1 Å². The van der Waals surface area contributed by atoms with E-state index in [4.69, 9.17) is 21.3 Å². The van der Waals surface area contributed by atoms with Crippen LogP contribution in [0.25, 0.3) is 0 Å². The summed E-state index contributed by atoms with van der Waals surface area (Å²) in [6, 6.07) is 6.65. The number of pyridine rings is 1. The minimum Gasteiger partial charge on any atom is -0.504 e. The molecular formula is C23H23ClN2O3. The summed E-state index contributed by atoms with van der Waals surface area (Å²) in [6.45, 7) is 4.14. The molecule has 0 saturated heterocycles. The number of phenolic OH excluding ortho intramolecular Hbond substituents is 1. The molecule has 1 aromatic heterocycles. The zero-order valence-corrected chi connectivity index (χ0v) is 17.4. The van der Waals surface area contributed by atoms with Crippen molar-refractivity contribution in [3.8, 4) is 11.5 Å². The van der Waals surface area contributed by atoms with E-state index in [1.807, 2.05) is 13.0 Å². The van der Waals surface area contributed by atoms with Crippen molar-refractivity contribution in [2.24, 2.45) is 10.9 Å². The van der Waals surface area contributed by atoms with Crippen molar-refractivity contribution in [2.45, 2.75) is 32.2 Å². The molecule has 1 aromatic carbocycles. The molecule has 2 atom stereocenters. The number of allylic oxidation sites excluding steroid dienone is 2. The zero-order valence-electron chi connectivity index (χ0n) is 16.6. The summed E-state index contributed by atoms with van der Waals surface area (Å²) in [5, 5.41) is 11.0. The number of aromatic hydroxyl groups is 1. The lowest BCUT2D eigenvalue weighted by molar-refractivity contribution is 0.373. The Morgan fingerprint density at radius 2 is 2.17 bits per heavy atom. The maximum Gasteiger partial charge on any atom is 0.248 e. The van der Waals surface area contributed by atoms with Crippen LogP contribution in [0.1, 0.15) is 37.1 Å². The minimum absolute atomic E-state index is 0.00352. The van der Waals surface area contributed by atoms with E-state index in [1.54, 1.807) is 24.4 Å². The highest BCUT2D eigenvalue weighted by Crippen LogP contribution is 2.52. The second-order valence-corrected chi connectivity index (χ2v) is 8.06. The van der Waals surface area contributed by atoms with Gasteiger partial charge in [-0.05, 0) is 38.0 Å². The van der Waals surface area contributed by atoms with Gasteiger partial charge in [-0.2, -0.15) is 0 Å². The number of ether oxygens (including phenoxy) is 1. The standard InChI is InChI=1S/C23H23ClN2O3/c1-4-17-14-7-13(2)11-23(17,18-5-6-21(27)26-19(18)9-14)25-12-15-8-16(24)10-20(29-3)22(15)28/h4-8,10,12,14,28H,9,11H2,1-3H3,(H,26,27)/t14?,23-/m1/s1. The maximum absolute atomic E-state index is 11.9. The number of aromatic nitrogens is 1. The number of H-pyrrole nitrogens is 1. The molecule has 1 unspecified atom stereocenters. The monoisotopic (exact) mass is 410 g/mol. The third-order valence-electron chi connectivity index (χ3n) is 5.79. The van der Waals surface area contributed by atoms with E-state index in [0.29, 0.717) is 22.8 Å². The smallest absolute Gasteiger partial charge is 0.248 e. The number of methoxy groups -OCH3 is 1. The lowest BCUT2D eigenvalue weighted by atomic mass is 9.63. The fraction of sp³-hybridized carbons (Fsp3) is 0.304. The van der Waals surface area contributed by atoms with Crippen molar-refractivity contribution in [2.75, 3.05) is 7.11 Å². The van der Waals surface area contributed by atoms with Gasteiger partial charge in [-0.25, -0.2) is 0 Å². The summed E-state index contributed by atoms with van der Waals surface area (Å²) in [5.74, 6) is 0.476. The maximum atomic E-state index is 11.9. The quantitative estimate of drug-likeness (QED) is 0.576. The van der Waals surface area contributed by atoms with Crippen molar-refractivity contribution >= 4 is 17.8 Å². The predicted molar refractivity (Wildman–Crippen MR) is 115 cm³/mol. The van der Waals surface area contributed by atoms with E-state index in [0.717, 1.165) is 17.7 Å². The van der Waals surface area contributed by atoms with Crippen LogP contribution in [0.2, 0.25) is 5.02 Å². The number of aliphatic imine (C=N–C) groups is 1. The third-order valence-corrected chi connectivity index (χ3v) is 6.01. The van der Waals surface area contributed by atoms with Gasteiger partial charge in [0.25, 0.3) is 0 Å². The van der Waals surface area contributed by atoms with E-state index in [1.165, 1.54) is 18.3 Å². The average Bonchev–Trinajstić information content (AvgIpc) is 2.67. The Morgan fingerprint density at radius 3 is 2.90 bits per heavy atom. The Morgan fingerprint density at radius 1 is 1.38 bits per heavy atom. The highest BCUT2D eigenvalue weighted by molar-refractivity contribution is 6.31. The Hall–Kier alpha value is -2.79. The number of hydrogen-bond donors (Lipinski definition) is 2. The van der Waals surface area contributed by atoms with Gasteiger partial charge < -0.3 is 14.8 Å². The second-order valence-electron chi connectivity index (χ2n) is 7.62. The van der Waals surface area contributed by atoms with Crippen LogP contribution in [0.15, 0.2) is 57.4 Å². The molecule has 0 amide bonds. The SMILES string of the molecule is CC=C1C2C=C(C)C[C@]1(N=Cc1cc(Cl)cc(OC)c1O)c1ccc(=O)[nH]c1C2. The number of phenols is 1. The molecule has 0 saturated carbocycles. The van der Waals surface area contributed by atoms with Gasteiger partial charge in [0.15, 0.2) is 11.5 Å². The molecule has 0 radical (unpaired) electrons. The van der Waals surface area contributed by atoms with E-state index in [-0.39, 0.29) is 17.2 Å². The van der Waals surface area contributed by atoms with Crippen molar-refractivity contribution in [3.05, 3.63) is 79.8 Å². The minimum atomic E-state index is -0.627. The molecule has 29 heavy (non-hydrogen) atoms. The highest BCUT2D eigenvalue weighted by Gasteiger charge is 2.46. The summed E-state index contributed by atoms with van der Waals surface area (Å²) >= 11 is 6.19. The van der Waals surface area contributed by atoms with Crippen LogP contribution in [-0.2, 0) is 12.0 Å². The topological polar surface area (TPSA) is 74.7 Å². The molecule has 0 aliphatic heterocycles. The van der Waals surface area contributed by atoms with Crippen molar-refractivity contribution in [1.82, 2.24) is 4.98 Å². The Bertz CT molecular complexity index is 1130. The lowest BCUT2D eigenvalue weighted by Gasteiger charge is -2.45. The molecule has 2 bridgehead atoms. The summed E-state index contributed by atoms with van der Waals surface area (Å²) in [4.78, 5) is 20.0. The lowest BCUT2D eigenvalue weighted by Crippen LogP contribution is -2.40. The molecule has 0 spiro atoms. The first-order chi connectivity index (χ1) is 13.9. The summed E-state index contributed by atoms with van der Waals surface area (Å²) in [6.07, 6.45) is 7.49. The Labute approximate surface area is 174 Å². The normalized spacial score (nSPS) is 24.5. The molecule has 5 nitrogen and oxygen atoms in total. The molecule has 2 N–H and O–H groups in total. The van der Waals surface area contributed by atoms with Gasteiger partial charge in [0, 0.05) is 52.5 Å². The van der Waals surface area contributed by atoms with E-state index in [9.17, 15) is 9.90 Å². The molecule has 6 heteroatoms. The number of nitrogens with one attached hydrogen (secondary N) is 1. The summed E-state index contributed by atoms with van der Waals surface area (Å²) in [7, 11) is 1.48. The molecule has 150 valence electrons. The largest absolute Gasteiger partial charge is 0.504 e. The first-order valence-corrected chi connectivity index (χ1v) is 9.94. The van der Waals surface area contributed by atoms with Crippen LogP contribution in [-0.4, -0.2) is 23.4 Å². The van der Waals surface area contributed by atoms with E-state index < -0.39 is 5.54 Å². The highest BCUT2D eigenvalue weighted by atomic mass is 35.5. The van der Waals surface area contributed by atoms with Gasteiger partial charge in [0.1, 0.15) is 5.54 Å². The van der Waals surface area contributed by atoms with Gasteiger partial charge in [0.2, 0.25) is 5.56 Å². The van der Waals surface area contributed by atoms with Crippen molar-refractivity contribution < 1.29 is 9.84 Å². The number of nitrogens with zero attached hydrogens (tertiary/aromatic N) is 1. The van der Waals surface area contributed by atoms with Crippen molar-refractivity contribution in [3.63, 3.8) is 0 Å². The number of rotatable bonds is 3. The Kier molecular flexibility index (Phi) is 4.87. The van der Waals surface area contributed by atoms with Gasteiger partial charge in [-0.3, -0.25) is 9.79 Å². The zero-order chi connectivity index (χ0) is 20.8. The molecule has 1 heterocycles. The number of benzene rings is 1. The molecular weight excluding hydrogens is 388 g/mol. The number of fused-ring (bicyclic) bond motifs is 4. The molecule has 2 aliphatic carbocycles. The molecule has 2 aliphatic rings. The van der Waals surface area contributed by atoms with Gasteiger partial charge >= 0.3 is 0 Å². The van der Waals surface area contributed by atoms with Gasteiger partial charge in [-0.1, -0.05) is 29.3 Å². The average molecular weight is 411 g/mol. The first kappa shape index (κ1) is 19.5. The van der Waals surface area contributed by atoms with Crippen LogP contribution in [0, 0.1) is 5.92 Å². The first-order valence-electron chi connectivity index (χ1n) is 9.56. The summed E-state index contributed by atoms with van der Waals surface area (Å²) < 4.78 is 5.21. The molecule has 0 fully saturated rings. The fourth-order valence-corrected chi connectivity index (χ4v) is 4.90. The van der Waals surface area contributed by atoms with Gasteiger partial charge in [-0.15, -0.1) is 0 Å². The molecule has 4 rings (SSSR count). The summed E-state index contributed by atoms with van der Waals surface area (Å²) in [5.41, 5.74) is 4.12. The van der Waals surface area contributed by atoms with Crippen molar-refractivity contribution in [1.29, 1.82) is 0 Å².